The van der Waals surface area contributed by atoms with Gasteiger partial charge in [0.2, 0.25) is 0 Å². The first-order chi connectivity index (χ1) is 24.8. The topological polar surface area (TPSA) is 38.9 Å². The van der Waals surface area contributed by atoms with Crippen LogP contribution in [0.3, 0.4) is 0 Å². The van der Waals surface area contributed by atoms with Gasteiger partial charge in [-0.25, -0.2) is 9.97 Å². The maximum absolute atomic E-state index is 6.54. The summed E-state index contributed by atoms with van der Waals surface area (Å²) in [6.07, 6.45) is 0. The minimum atomic E-state index is 0.686. The van der Waals surface area contributed by atoms with Crippen molar-refractivity contribution in [3.05, 3.63) is 170 Å². The Kier molecular flexibility index (Phi) is 6.68. The highest BCUT2D eigenvalue weighted by Gasteiger charge is 2.20. The van der Waals surface area contributed by atoms with Crippen LogP contribution >= 0.6 is 11.3 Å². The number of thiophene rings is 1. The van der Waals surface area contributed by atoms with E-state index < -0.39 is 0 Å². The van der Waals surface area contributed by atoms with E-state index in [4.69, 9.17) is 14.4 Å². The molecule has 3 nitrogen and oxygen atoms in total. The SMILES string of the molecule is c1ccc(-c2ccc(-c3cc(-c4cccc5c4oc4ccccc45)nc(-c4cccc5sc6ccccc6c45)n3)c(-c3ccccc3)c2)cc1. The number of hydrogen-bond donors (Lipinski definition) is 0. The van der Waals surface area contributed by atoms with Crippen LogP contribution in [0.1, 0.15) is 0 Å². The molecule has 7 aromatic carbocycles. The van der Waals surface area contributed by atoms with Gasteiger partial charge in [0.1, 0.15) is 11.2 Å². The third-order valence-corrected chi connectivity index (χ3v) is 10.7. The molecule has 0 N–H and O–H groups in total. The van der Waals surface area contributed by atoms with E-state index >= 15 is 0 Å². The molecule has 0 radical (unpaired) electrons. The van der Waals surface area contributed by atoms with Gasteiger partial charge in [0, 0.05) is 47.6 Å². The van der Waals surface area contributed by atoms with Gasteiger partial charge in [-0.3, -0.25) is 0 Å². The van der Waals surface area contributed by atoms with E-state index in [0.29, 0.717) is 5.82 Å². The number of rotatable bonds is 5. The van der Waals surface area contributed by atoms with Crippen LogP contribution in [0.15, 0.2) is 174 Å². The molecule has 0 unspecified atom stereocenters. The third-order valence-electron chi connectivity index (χ3n) is 9.54. The monoisotopic (exact) mass is 656 g/mol. The summed E-state index contributed by atoms with van der Waals surface area (Å²) in [6, 6.07) is 59.6. The lowest BCUT2D eigenvalue weighted by Gasteiger charge is -2.15. The van der Waals surface area contributed by atoms with Crippen molar-refractivity contribution in [2.45, 2.75) is 0 Å². The quantitative estimate of drug-likeness (QED) is 0.185. The maximum atomic E-state index is 6.54. The van der Waals surface area contributed by atoms with Crippen molar-refractivity contribution in [2.24, 2.45) is 0 Å². The summed E-state index contributed by atoms with van der Waals surface area (Å²) >= 11 is 1.80. The van der Waals surface area contributed by atoms with Crippen molar-refractivity contribution in [3.8, 4) is 56.2 Å². The van der Waals surface area contributed by atoms with Gasteiger partial charge in [-0.2, -0.15) is 0 Å². The standard InChI is InChI=1S/C46H28N2OS/c1-3-13-29(14-4-1)31-25-26-32(38(27-31)30-15-5-2-6-16-30)39-28-40(35-20-11-19-34-33-17-7-9-22-41(33)49-45(34)35)48-46(47-39)37-21-12-24-43-44(37)36-18-8-10-23-42(36)50-43/h1-28H. The summed E-state index contributed by atoms with van der Waals surface area (Å²) in [5.41, 5.74) is 10.9. The molecule has 50 heavy (non-hydrogen) atoms. The van der Waals surface area contributed by atoms with Crippen LogP contribution in [0.4, 0.5) is 0 Å². The Hall–Kier alpha value is -6.36. The molecule has 234 valence electrons. The number of para-hydroxylation sites is 2. The molecular weight excluding hydrogens is 629 g/mol. The Bertz CT molecular complexity index is 2870. The van der Waals surface area contributed by atoms with Crippen molar-refractivity contribution >= 4 is 53.4 Å². The Morgan fingerprint density at radius 2 is 1.04 bits per heavy atom. The molecule has 3 aromatic heterocycles. The lowest BCUT2D eigenvalue weighted by Crippen LogP contribution is -1.98. The van der Waals surface area contributed by atoms with Crippen molar-refractivity contribution in [1.29, 1.82) is 0 Å². The first-order valence-corrected chi connectivity index (χ1v) is 17.6. The van der Waals surface area contributed by atoms with E-state index in [1.54, 1.807) is 11.3 Å². The fraction of sp³-hybridized carbons (Fsp3) is 0. The highest BCUT2D eigenvalue weighted by molar-refractivity contribution is 7.25. The molecule has 0 aliphatic carbocycles. The second kappa shape index (κ2) is 11.7. The van der Waals surface area contributed by atoms with Crippen LogP contribution in [0.5, 0.6) is 0 Å². The van der Waals surface area contributed by atoms with Gasteiger partial charge >= 0.3 is 0 Å². The summed E-state index contributed by atoms with van der Waals surface area (Å²) in [5.74, 6) is 0.686. The summed E-state index contributed by atoms with van der Waals surface area (Å²) in [6.45, 7) is 0. The fourth-order valence-electron chi connectivity index (χ4n) is 7.19. The van der Waals surface area contributed by atoms with Gasteiger partial charge in [-0.15, -0.1) is 11.3 Å². The first kappa shape index (κ1) is 28.6. The van der Waals surface area contributed by atoms with E-state index in [9.17, 15) is 0 Å². The van der Waals surface area contributed by atoms with E-state index in [1.807, 2.05) is 12.1 Å². The fourth-order valence-corrected chi connectivity index (χ4v) is 8.32. The normalized spacial score (nSPS) is 11.6. The van der Waals surface area contributed by atoms with E-state index in [2.05, 4.69) is 158 Å². The van der Waals surface area contributed by atoms with E-state index in [0.717, 1.165) is 66.7 Å². The molecule has 4 heteroatoms. The number of fused-ring (bicyclic) bond motifs is 6. The van der Waals surface area contributed by atoms with Crippen LogP contribution in [0.25, 0.3) is 98.3 Å². The first-order valence-electron chi connectivity index (χ1n) is 16.7. The minimum absolute atomic E-state index is 0.686. The molecule has 10 rings (SSSR count). The number of nitrogens with zero attached hydrogens (tertiary/aromatic N) is 2. The summed E-state index contributed by atoms with van der Waals surface area (Å²) < 4.78 is 9.01. The second-order valence-corrected chi connectivity index (χ2v) is 13.6. The minimum Gasteiger partial charge on any atom is -0.455 e. The Morgan fingerprint density at radius 3 is 1.88 bits per heavy atom. The molecule has 0 saturated heterocycles. The highest BCUT2D eigenvalue weighted by atomic mass is 32.1. The Balaban J connectivity index is 1.27. The van der Waals surface area contributed by atoms with Crippen molar-refractivity contribution in [2.75, 3.05) is 0 Å². The van der Waals surface area contributed by atoms with Crippen LogP contribution in [0, 0.1) is 0 Å². The smallest absolute Gasteiger partial charge is 0.161 e. The highest BCUT2D eigenvalue weighted by Crippen LogP contribution is 2.43. The molecule has 10 aromatic rings. The molecule has 0 saturated carbocycles. The number of hydrogen-bond acceptors (Lipinski definition) is 4. The lowest BCUT2D eigenvalue weighted by atomic mass is 9.92. The van der Waals surface area contributed by atoms with Crippen molar-refractivity contribution in [1.82, 2.24) is 9.97 Å². The molecule has 0 spiro atoms. The molecule has 3 heterocycles. The van der Waals surface area contributed by atoms with Crippen LogP contribution in [0.2, 0.25) is 0 Å². The van der Waals surface area contributed by atoms with Crippen LogP contribution in [-0.2, 0) is 0 Å². The van der Waals surface area contributed by atoms with E-state index in [1.165, 1.54) is 25.7 Å². The van der Waals surface area contributed by atoms with Gasteiger partial charge in [0.25, 0.3) is 0 Å². The molecule has 0 fully saturated rings. The molecule has 0 aliphatic rings. The average molecular weight is 657 g/mol. The van der Waals surface area contributed by atoms with Gasteiger partial charge in [0.05, 0.1) is 11.4 Å². The molecule has 0 atom stereocenters. The zero-order valence-electron chi connectivity index (χ0n) is 26.9. The zero-order chi connectivity index (χ0) is 33.0. The van der Waals surface area contributed by atoms with Gasteiger partial charge in [-0.1, -0.05) is 133 Å². The van der Waals surface area contributed by atoms with Crippen molar-refractivity contribution < 1.29 is 4.42 Å². The maximum Gasteiger partial charge on any atom is 0.161 e. The van der Waals surface area contributed by atoms with Gasteiger partial charge in [-0.05, 0) is 58.7 Å². The summed E-state index contributed by atoms with van der Waals surface area (Å²) in [4.78, 5) is 10.8. The predicted octanol–water partition coefficient (Wildman–Crippen LogP) is 13.1. The lowest BCUT2D eigenvalue weighted by molar-refractivity contribution is 0.670. The predicted molar refractivity (Wildman–Crippen MR) is 209 cm³/mol. The molecular formula is C46H28N2OS. The van der Waals surface area contributed by atoms with E-state index in [-0.39, 0.29) is 0 Å². The molecule has 0 bridgehead atoms. The number of aromatic nitrogens is 2. The Morgan fingerprint density at radius 1 is 0.400 bits per heavy atom. The summed E-state index contributed by atoms with van der Waals surface area (Å²) in [7, 11) is 0. The average Bonchev–Trinajstić information content (AvgIpc) is 3.77. The molecule has 0 aliphatic heterocycles. The Labute approximate surface area is 292 Å². The third kappa shape index (κ3) is 4.73. The molecule has 0 amide bonds. The van der Waals surface area contributed by atoms with Gasteiger partial charge < -0.3 is 4.42 Å². The second-order valence-electron chi connectivity index (χ2n) is 12.5. The van der Waals surface area contributed by atoms with Crippen LogP contribution in [-0.4, -0.2) is 9.97 Å². The van der Waals surface area contributed by atoms with Crippen molar-refractivity contribution in [3.63, 3.8) is 0 Å². The van der Waals surface area contributed by atoms with Gasteiger partial charge in [0.15, 0.2) is 5.82 Å². The summed E-state index contributed by atoms with van der Waals surface area (Å²) in [5, 5.41) is 4.57. The zero-order valence-corrected chi connectivity index (χ0v) is 27.7. The van der Waals surface area contributed by atoms with Crippen LogP contribution < -0.4 is 0 Å². The number of benzene rings is 7. The largest absolute Gasteiger partial charge is 0.455 e. The number of furan rings is 1.